The van der Waals surface area contributed by atoms with Gasteiger partial charge < -0.3 is 5.32 Å². The number of nitrogens with one attached hydrogen (secondary N) is 1. The van der Waals surface area contributed by atoms with Crippen LogP contribution in [0.5, 0.6) is 0 Å². The highest BCUT2D eigenvalue weighted by Crippen LogP contribution is 2.29. The smallest absolute Gasteiger partial charge is 0.293 e. The highest BCUT2D eigenvalue weighted by Gasteiger charge is 2.26. The average molecular weight is 399 g/mol. The van der Waals surface area contributed by atoms with Crippen LogP contribution < -0.4 is 5.32 Å². The monoisotopic (exact) mass is 398 g/mol. The van der Waals surface area contributed by atoms with Crippen LogP contribution in [0.4, 0.5) is 11.4 Å². The number of hydrogen-bond donors (Lipinski definition) is 1. The Bertz CT molecular complexity index is 750. The van der Waals surface area contributed by atoms with Gasteiger partial charge in [-0.25, -0.2) is 8.42 Å². The molecule has 1 atom stereocenters. The summed E-state index contributed by atoms with van der Waals surface area (Å²) in [7, 11) is -3.73. The normalized spacial score (nSPS) is 18.6. The predicted octanol–water partition coefficient (Wildman–Crippen LogP) is 2.91. The number of nitro benzene ring substituents is 1. The zero-order valence-corrected chi connectivity index (χ0v) is 17.2. The number of rotatable bonds is 9. The van der Waals surface area contributed by atoms with Crippen LogP contribution in [-0.2, 0) is 10.0 Å². The molecule has 1 aliphatic heterocycles. The Labute approximate surface area is 161 Å². The molecule has 0 aliphatic carbocycles. The highest BCUT2D eigenvalue weighted by molar-refractivity contribution is 7.89. The number of nitro groups is 1. The molecule has 2 rings (SSSR count). The Kier molecular flexibility index (Phi) is 7.58. The molecule has 1 unspecified atom stereocenters. The van der Waals surface area contributed by atoms with E-state index in [1.54, 1.807) is 13.8 Å². The first-order valence-corrected chi connectivity index (χ1v) is 11.0. The fourth-order valence-electron chi connectivity index (χ4n) is 3.51. The number of piperidine rings is 1. The van der Waals surface area contributed by atoms with Crippen LogP contribution in [0, 0.1) is 10.1 Å². The highest BCUT2D eigenvalue weighted by atomic mass is 32.2. The summed E-state index contributed by atoms with van der Waals surface area (Å²) in [5.41, 5.74) is 0.137. The molecule has 8 nitrogen and oxygen atoms in total. The fourth-order valence-corrected chi connectivity index (χ4v) is 4.99. The van der Waals surface area contributed by atoms with Gasteiger partial charge in [0.15, 0.2) is 0 Å². The minimum Gasteiger partial charge on any atom is -0.378 e. The molecule has 1 N–H and O–H groups in total. The van der Waals surface area contributed by atoms with Crippen LogP contribution in [-0.4, -0.2) is 61.3 Å². The van der Waals surface area contributed by atoms with E-state index >= 15 is 0 Å². The summed E-state index contributed by atoms with van der Waals surface area (Å²) in [4.78, 5) is 13.3. The third-order valence-corrected chi connectivity index (χ3v) is 7.21. The lowest BCUT2D eigenvalue weighted by Gasteiger charge is -2.33. The minimum atomic E-state index is -3.73. The largest absolute Gasteiger partial charge is 0.378 e. The van der Waals surface area contributed by atoms with Crippen molar-refractivity contribution in [3.05, 3.63) is 28.3 Å². The van der Waals surface area contributed by atoms with Crippen LogP contribution in [0.2, 0.25) is 0 Å². The molecule has 1 saturated heterocycles. The lowest BCUT2D eigenvalue weighted by molar-refractivity contribution is -0.384. The molecule has 1 fully saturated rings. The molecule has 0 amide bonds. The molecular formula is C18H30N4O4S. The van der Waals surface area contributed by atoms with Gasteiger partial charge in [0.1, 0.15) is 5.69 Å². The Morgan fingerprint density at radius 2 is 2.00 bits per heavy atom. The van der Waals surface area contributed by atoms with Crippen LogP contribution in [0.15, 0.2) is 23.1 Å². The number of sulfonamides is 1. The van der Waals surface area contributed by atoms with Gasteiger partial charge >= 0.3 is 0 Å². The Balaban J connectivity index is 2.14. The number of hydrogen-bond acceptors (Lipinski definition) is 6. The molecular weight excluding hydrogens is 368 g/mol. The molecule has 0 bridgehead atoms. The number of anilines is 1. The number of likely N-dealkylation sites (tertiary alicyclic amines) is 1. The molecule has 1 aromatic rings. The van der Waals surface area contributed by atoms with Gasteiger partial charge in [0.2, 0.25) is 10.0 Å². The molecule has 0 aromatic heterocycles. The van der Waals surface area contributed by atoms with Crippen molar-refractivity contribution < 1.29 is 13.3 Å². The molecule has 1 aliphatic rings. The molecule has 152 valence electrons. The van der Waals surface area contributed by atoms with Gasteiger partial charge in [-0.2, -0.15) is 4.31 Å². The van der Waals surface area contributed by atoms with Crippen LogP contribution in [0.3, 0.4) is 0 Å². The Morgan fingerprint density at radius 1 is 1.30 bits per heavy atom. The predicted molar refractivity (Wildman–Crippen MR) is 107 cm³/mol. The molecule has 27 heavy (non-hydrogen) atoms. The zero-order chi connectivity index (χ0) is 20.0. The van der Waals surface area contributed by atoms with E-state index in [-0.39, 0.29) is 10.6 Å². The third-order valence-electron chi connectivity index (χ3n) is 5.16. The van der Waals surface area contributed by atoms with E-state index in [4.69, 9.17) is 0 Å². The van der Waals surface area contributed by atoms with E-state index in [9.17, 15) is 18.5 Å². The SMILES string of the molecule is CCN(CC)S(=O)(=O)c1ccc(NCCN2CCCCC2C)c([N+](=O)[O-])c1. The minimum absolute atomic E-state index is 0.0481. The Morgan fingerprint density at radius 3 is 2.59 bits per heavy atom. The van der Waals surface area contributed by atoms with Crippen molar-refractivity contribution in [1.82, 2.24) is 9.21 Å². The van der Waals surface area contributed by atoms with Crippen molar-refractivity contribution in [2.45, 2.75) is 51.0 Å². The molecule has 0 saturated carbocycles. The van der Waals surface area contributed by atoms with Gasteiger partial charge in [0.05, 0.1) is 9.82 Å². The van der Waals surface area contributed by atoms with Gasteiger partial charge in [-0.15, -0.1) is 0 Å². The van der Waals surface area contributed by atoms with Crippen molar-refractivity contribution in [3.63, 3.8) is 0 Å². The van der Waals surface area contributed by atoms with E-state index in [2.05, 4.69) is 17.1 Å². The van der Waals surface area contributed by atoms with Crippen molar-refractivity contribution in [2.24, 2.45) is 0 Å². The summed E-state index contributed by atoms with van der Waals surface area (Å²) in [5, 5.41) is 14.6. The Hall–Kier alpha value is -1.71. The van der Waals surface area contributed by atoms with Crippen molar-refractivity contribution in [2.75, 3.05) is 38.0 Å². The summed E-state index contributed by atoms with van der Waals surface area (Å²) < 4.78 is 26.5. The van der Waals surface area contributed by atoms with E-state index in [0.717, 1.165) is 19.2 Å². The first kappa shape index (κ1) is 21.6. The zero-order valence-electron chi connectivity index (χ0n) is 16.3. The third kappa shape index (κ3) is 5.18. The quantitative estimate of drug-likeness (QED) is 0.507. The van der Waals surface area contributed by atoms with Gasteiger partial charge in [-0.1, -0.05) is 20.3 Å². The summed E-state index contributed by atoms with van der Waals surface area (Å²) in [5.74, 6) is 0. The standard InChI is InChI=1S/C18H30N4O4S/c1-4-21(5-2)27(25,26)16-9-10-17(18(14-16)22(23)24)19-11-13-20-12-7-6-8-15(20)3/h9-10,14-15,19H,4-8,11-13H2,1-3H3. The van der Waals surface area contributed by atoms with E-state index < -0.39 is 14.9 Å². The second-order valence-corrected chi connectivity index (χ2v) is 8.77. The fraction of sp³-hybridized carbons (Fsp3) is 0.667. The summed E-state index contributed by atoms with van der Waals surface area (Å²) >= 11 is 0. The van der Waals surface area contributed by atoms with Crippen LogP contribution in [0.25, 0.3) is 0 Å². The van der Waals surface area contributed by atoms with Crippen LogP contribution >= 0.6 is 0 Å². The van der Waals surface area contributed by atoms with E-state index in [0.29, 0.717) is 31.4 Å². The van der Waals surface area contributed by atoms with Gasteiger partial charge in [-0.3, -0.25) is 15.0 Å². The first-order chi connectivity index (χ1) is 12.8. The second kappa shape index (κ2) is 9.48. The van der Waals surface area contributed by atoms with Gasteiger partial charge in [0.25, 0.3) is 5.69 Å². The molecule has 1 aromatic carbocycles. The number of benzene rings is 1. The molecule has 9 heteroatoms. The lowest BCUT2D eigenvalue weighted by Crippen LogP contribution is -2.40. The average Bonchev–Trinajstić information content (AvgIpc) is 2.64. The summed E-state index contributed by atoms with van der Waals surface area (Å²) in [6, 6.07) is 4.61. The van der Waals surface area contributed by atoms with Crippen molar-refractivity contribution in [1.29, 1.82) is 0 Å². The van der Waals surface area contributed by atoms with E-state index in [1.807, 2.05) is 0 Å². The molecule has 0 spiro atoms. The lowest BCUT2D eigenvalue weighted by atomic mass is 10.0. The second-order valence-electron chi connectivity index (χ2n) is 6.83. The summed E-state index contributed by atoms with van der Waals surface area (Å²) in [6.45, 7) is 8.76. The first-order valence-electron chi connectivity index (χ1n) is 9.57. The maximum Gasteiger partial charge on any atom is 0.293 e. The van der Waals surface area contributed by atoms with Gasteiger partial charge in [-0.05, 0) is 38.4 Å². The van der Waals surface area contributed by atoms with Crippen LogP contribution in [0.1, 0.15) is 40.0 Å². The maximum absolute atomic E-state index is 12.6. The molecule has 0 radical (unpaired) electrons. The summed E-state index contributed by atoms with van der Waals surface area (Å²) in [6.07, 6.45) is 3.61. The molecule has 1 heterocycles. The maximum atomic E-state index is 12.6. The van der Waals surface area contributed by atoms with Crippen molar-refractivity contribution >= 4 is 21.4 Å². The van der Waals surface area contributed by atoms with E-state index in [1.165, 1.54) is 35.7 Å². The topological polar surface area (TPSA) is 95.8 Å². The number of nitrogens with zero attached hydrogens (tertiary/aromatic N) is 3. The van der Waals surface area contributed by atoms with Crippen molar-refractivity contribution in [3.8, 4) is 0 Å². The van der Waals surface area contributed by atoms with Gasteiger partial charge in [0, 0.05) is 38.3 Å².